The van der Waals surface area contributed by atoms with E-state index in [1.807, 2.05) is 45.0 Å². The predicted octanol–water partition coefficient (Wildman–Crippen LogP) is 3.21. The van der Waals surface area contributed by atoms with Gasteiger partial charge < -0.3 is 14.8 Å². The third-order valence-electron chi connectivity index (χ3n) is 3.16. The summed E-state index contributed by atoms with van der Waals surface area (Å²) in [6.07, 6.45) is 2.80. The molecular formula is C18H27NO3. The zero-order chi connectivity index (χ0) is 16.2. The van der Waals surface area contributed by atoms with Crippen LogP contribution in [0, 0.1) is 0 Å². The summed E-state index contributed by atoms with van der Waals surface area (Å²) in [4.78, 5) is 11.8. The van der Waals surface area contributed by atoms with Gasteiger partial charge in [0.05, 0.1) is 19.8 Å². The van der Waals surface area contributed by atoms with Crippen LogP contribution < -0.4 is 5.32 Å². The van der Waals surface area contributed by atoms with Crippen molar-refractivity contribution in [3.8, 4) is 0 Å². The van der Waals surface area contributed by atoms with Gasteiger partial charge >= 0.3 is 0 Å². The molecule has 0 radical (unpaired) electrons. The van der Waals surface area contributed by atoms with Gasteiger partial charge in [0.1, 0.15) is 0 Å². The van der Waals surface area contributed by atoms with Crippen molar-refractivity contribution >= 4 is 5.91 Å². The lowest BCUT2D eigenvalue weighted by atomic mass is 10.1. The van der Waals surface area contributed by atoms with E-state index in [2.05, 4.69) is 11.4 Å². The van der Waals surface area contributed by atoms with Gasteiger partial charge in [-0.05, 0) is 31.4 Å². The lowest BCUT2D eigenvalue weighted by molar-refractivity contribution is -0.117. The molecule has 0 aliphatic heterocycles. The van der Waals surface area contributed by atoms with E-state index < -0.39 is 0 Å². The summed E-state index contributed by atoms with van der Waals surface area (Å²) in [5.41, 5.74) is 2.94. The number of carbonyl (C=O) groups is 1. The summed E-state index contributed by atoms with van der Waals surface area (Å²) in [5.74, 6) is -0.0137. The maximum atomic E-state index is 11.8. The van der Waals surface area contributed by atoms with E-state index in [4.69, 9.17) is 9.47 Å². The van der Waals surface area contributed by atoms with Crippen LogP contribution in [0.2, 0.25) is 0 Å². The average Bonchev–Trinajstić information content (AvgIpc) is 2.53. The van der Waals surface area contributed by atoms with Gasteiger partial charge in [-0.25, -0.2) is 0 Å². The Kier molecular flexibility index (Phi) is 9.19. The quantitative estimate of drug-likeness (QED) is 0.533. The molecule has 0 heterocycles. The highest BCUT2D eigenvalue weighted by atomic mass is 16.5. The number of carbonyl (C=O) groups excluding carboxylic acids is 1. The average molecular weight is 305 g/mol. The zero-order valence-electron chi connectivity index (χ0n) is 13.9. The molecule has 0 saturated carbocycles. The smallest absolute Gasteiger partial charge is 0.246 e. The predicted molar refractivity (Wildman–Crippen MR) is 88.5 cm³/mol. The molecule has 122 valence electrons. The van der Waals surface area contributed by atoms with Crippen molar-refractivity contribution in [2.24, 2.45) is 0 Å². The van der Waals surface area contributed by atoms with Gasteiger partial charge in [-0.2, -0.15) is 0 Å². The Morgan fingerprint density at radius 1 is 1.18 bits per heavy atom. The Hall–Kier alpha value is -1.65. The molecule has 1 rings (SSSR count). The third-order valence-corrected chi connectivity index (χ3v) is 3.16. The number of hydrogen-bond donors (Lipinski definition) is 1. The van der Waals surface area contributed by atoms with E-state index in [1.165, 1.54) is 0 Å². The van der Waals surface area contributed by atoms with Crippen LogP contribution in [0.15, 0.2) is 35.9 Å². The van der Waals surface area contributed by atoms with Crippen LogP contribution >= 0.6 is 0 Å². The van der Waals surface area contributed by atoms with Gasteiger partial charge in [-0.1, -0.05) is 37.3 Å². The second-order valence-electron chi connectivity index (χ2n) is 5.05. The van der Waals surface area contributed by atoms with Crippen molar-refractivity contribution in [3.05, 3.63) is 47.0 Å². The summed E-state index contributed by atoms with van der Waals surface area (Å²) in [5, 5.41) is 2.93. The Labute approximate surface area is 133 Å². The Bertz CT molecular complexity index is 483. The van der Waals surface area contributed by atoms with E-state index in [0.717, 1.165) is 23.1 Å². The monoisotopic (exact) mass is 305 g/mol. The molecule has 0 bridgehead atoms. The molecule has 1 aromatic carbocycles. The maximum Gasteiger partial charge on any atom is 0.246 e. The number of hydrogen-bond acceptors (Lipinski definition) is 3. The fourth-order valence-corrected chi connectivity index (χ4v) is 2.00. The van der Waals surface area contributed by atoms with Gasteiger partial charge in [-0.3, -0.25) is 4.79 Å². The van der Waals surface area contributed by atoms with E-state index in [0.29, 0.717) is 33.0 Å². The molecule has 0 aliphatic rings. The summed E-state index contributed by atoms with van der Waals surface area (Å²) in [6.45, 7) is 8.84. The highest BCUT2D eigenvalue weighted by Crippen LogP contribution is 2.07. The van der Waals surface area contributed by atoms with E-state index >= 15 is 0 Å². The molecule has 22 heavy (non-hydrogen) atoms. The minimum absolute atomic E-state index is 0.0137. The first-order valence-electron chi connectivity index (χ1n) is 7.85. The van der Waals surface area contributed by atoms with Gasteiger partial charge in [0.15, 0.2) is 0 Å². The molecule has 0 unspecified atom stereocenters. The van der Waals surface area contributed by atoms with E-state index in [1.54, 1.807) is 0 Å². The normalized spacial score (nSPS) is 11.5. The van der Waals surface area contributed by atoms with Crippen LogP contribution in [0.4, 0.5) is 0 Å². The van der Waals surface area contributed by atoms with Gasteiger partial charge in [-0.15, -0.1) is 0 Å². The van der Waals surface area contributed by atoms with Crippen LogP contribution in [0.3, 0.4) is 0 Å². The highest BCUT2D eigenvalue weighted by Gasteiger charge is 2.03. The van der Waals surface area contributed by atoms with Gasteiger partial charge in [0.2, 0.25) is 5.91 Å². The first-order chi connectivity index (χ1) is 10.7. The van der Waals surface area contributed by atoms with Gasteiger partial charge in [0, 0.05) is 18.7 Å². The summed E-state index contributed by atoms with van der Waals surface area (Å²) in [6, 6.07) is 8.06. The highest BCUT2D eigenvalue weighted by molar-refractivity contribution is 5.92. The summed E-state index contributed by atoms with van der Waals surface area (Å²) in [7, 11) is 0. The summed E-state index contributed by atoms with van der Waals surface area (Å²) >= 11 is 0. The minimum Gasteiger partial charge on any atom is -0.379 e. The van der Waals surface area contributed by atoms with Gasteiger partial charge in [0.25, 0.3) is 0 Å². The molecule has 1 aromatic rings. The van der Waals surface area contributed by atoms with Crippen LogP contribution in [0.25, 0.3) is 0 Å². The molecule has 0 saturated heterocycles. The number of ether oxygens (including phenoxy) is 2. The first-order valence-corrected chi connectivity index (χ1v) is 7.85. The van der Waals surface area contributed by atoms with Crippen molar-refractivity contribution < 1.29 is 14.3 Å². The second kappa shape index (κ2) is 11.0. The molecule has 0 spiro atoms. The van der Waals surface area contributed by atoms with E-state index in [-0.39, 0.29) is 5.91 Å². The van der Waals surface area contributed by atoms with Crippen LogP contribution in [-0.4, -0.2) is 25.7 Å². The minimum atomic E-state index is -0.0137. The van der Waals surface area contributed by atoms with Crippen molar-refractivity contribution in [1.82, 2.24) is 5.32 Å². The van der Waals surface area contributed by atoms with Crippen LogP contribution in [0.1, 0.15) is 38.3 Å². The van der Waals surface area contributed by atoms with Crippen molar-refractivity contribution in [2.45, 2.75) is 40.3 Å². The largest absolute Gasteiger partial charge is 0.379 e. The Morgan fingerprint density at radius 3 is 2.64 bits per heavy atom. The van der Waals surface area contributed by atoms with E-state index in [9.17, 15) is 4.79 Å². The van der Waals surface area contributed by atoms with Crippen LogP contribution in [0.5, 0.6) is 0 Å². The van der Waals surface area contributed by atoms with Crippen molar-refractivity contribution in [2.75, 3.05) is 19.8 Å². The number of nitrogens with one attached hydrogen (secondary N) is 1. The molecule has 0 fully saturated rings. The second-order valence-corrected chi connectivity index (χ2v) is 5.05. The lowest BCUT2D eigenvalue weighted by Gasteiger charge is -2.08. The molecule has 1 amide bonds. The zero-order valence-corrected chi connectivity index (χ0v) is 13.9. The lowest BCUT2D eigenvalue weighted by Crippen LogP contribution is -2.23. The SMILES string of the molecule is CCC=C(C)C(=O)NCc1cccc(COCCOCC)c1. The standard InChI is InChI=1S/C18H27NO3/c1-4-7-15(3)18(20)19-13-16-8-6-9-17(12-16)14-22-11-10-21-5-2/h6-9,12H,4-5,10-11,13-14H2,1-3H3,(H,19,20). The molecule has 4 nitrogen and oxygen atoms in total. The molecule has 4 heteroatoms. The third kappa shape index (κ3) is 7.38. The number of benzene rings is 1. The summed E-state index contributed by atoms with van der Waals surface area (Å²) < 4.78 is 10.8. The Morgan fingerprint density at radius 2 is 1.91 bits per heavy atom. The van der Waals surface area contributed by atoms with Crippen molar-refractivity contribution in [1.29, 1.82) is 0 Å². The fraction of sp³-hybridized carbons (Fsp3) is 0.500. The molecule has 1 N–H and O–H groups in total. The molecular weight excluding hydrogens is 278 g/mol. The molecule has 0 aromatic heterocycles. The van der Waals surface area contributed by atoms with Crippen LogP contribution in [-0.2, 0) is 27.4 Å². The number of rotatable bonds is 10. The fourth-order valence-electron chi connectivity index (χ4n) is 2.00. The molecule has 0 aliphatic carbocycles. The topological polar surface area (TPSA) is 47.6 Å². The first kappa shape index (κ1) is 18.4. The number of allylic oxidation sites excluding steroid dienone is 1. The maximum absolute atomic E-state index is 11.8. The van der Waals surface area contributed by atoms with Crippen molar-refractivity contribution in [3.63, 3.8) is 0 Å². The molecule has 0 atom stereocenters. The Balaban J connectivity index is 2.40. The number of amides is 1.